The van der Waals surface area contributed by atoms with Gasteiger partial charge in [0.05, 0.1) is 30.6 Å². The van der Waals surface area contributed by atoms with E-state index >= 15 is 0 Å². The molecular weight excluding hydrogens is 537 g/mol. The highest BCUT2D eigenvalue weighted by Gasteiger charge is 2.29. The summed E-state index contributed by atoms with van der Waals surface area (Å²) in [5.74, 6) is -0.194. The summed E-state index contributed by atoms with van der Waals surface area (Å²) in [6.07, 6.45) is 4.41. The molecule has 0 spiro atoms. The Bertz CT molecular complexity index is 1310. The van der Waals surface area contributed by atoms with Crippen LogP contribution < -0.4 is 10.2 Å². The molecule has 1 aliphatic rings. The molecule has 2 amide bonds. The third kappa shape index (κ3) is 8.22. The van der Waals surface area contributed by atoms with Crippen molar-refractivity contribution in [3.05, 3.63) is 54.1 Å². The Kier molecular flexibility index (Phi) is 11.4. The van der Waals surface area contributed by atoms with Gasteiger partial charge in [0.15, 0.2) is 9.03 Å². The van der Waals surface area contributed by atoms with Crippen LogP contribution in [0.1, 0.15) is 77.8 Å². The second kappa shape index (κ2) is 15.2. The van der Waals surface area contributed by atoms with Gasteiger partial charge in [0, 0.05) is 36.6 Å². The highest BCUT2D eigenvalue weighted by atomic mass is 31.1. The number of fused-ring (bicyclic) bond motifs is 5. The molecule has 41 heavy (non-hydrogen) atoms. The number of hydrogen-bond acceptors (Lipinski definition) is 6. The van der Waals surface area contributed by atoms with Crippen LogP contribution in [0, 0.1) is 0 Å². The van der Waals surface area contributed by atoms with E-state index in [0.717, 1.165) is 59.4 Å². The number of hydrogen-bond donors (Lipinski definition) is 1. The molecule has 1 unspecified atom stereocenters. The predicted octanol–water partition coefficient (Wildman–Crippen LogP) is 6.45. The van der Waals surface area contributed by atoms with E-state index in [2.05, 4.69) is 35.5 Å². The van der Waals surface area contributed by atoms with Gasteiger partial charge in [0.2, 0.25) is 11.8 Å². The fraction of sp³-hybridized carbons (Fsp3) is 0.484. The number of amides is 2. The first-order valence-corrected chi connectivity index (χ1v) is 15.4. The van der Waals surface area contributed by atoms with Crippen molar-refractivity contribution in [1.82, 2.24) is 20.3 Å². The van der Waals surface area contributed by atoms with Crippen molar-refractivity contribution in [3.8, 4) is 22.5 Å². The number of carbonyl (C=O) groups is 2. The van der Waals surface area contributed by atoms with Gasteiger partial charge in [0.1, 0.15) is 5.69 Å². The molecule has 0 aliphatic carbocycles. The lowest BCUT2D eigenvalue weighted by Gasteiger charge is -2.28. The van der Waals surface area contributed by atoms with Gasteiger partial charge in [-0.25, -0.2) is 4.68 Å². The van der Waals surface area contributed by atoms with Crippen molar-refractivity contribution in [1.29, 1.82) is 0 Å². The van der Waals surface area contributed by atoms with Crippen molar-refractivity contribution in [2.24, 2.45) is 0 Å². The van der Waals surface area contributed by atoms with Crippen LogP contribution in [0.2, 0.25) is 0 Å². The number of nitrogens with one attached hydrogen (secondary N) is 1. The van der Waals surface area contributed by atoms with E-state index < -0.39 is 0 Å². The smallest absolute Gasteiger partial charge is 0.227 e. The molecule has 10 heteroatoms. The summed E-state index contributed by atoms with van der Waals surface area (Å²) in [6.45, 7) is 9.87. The summed E-state index contributed by atoms with van der Waals surface area (Å²) in [5, 5.41) is 12.0. The molecule has 0 fully saturated rings. The minimum Gasteiger partial charge on any atom is -0.356 e. The maximum Gasteiger partial charge on any atom is 0.227 e. The monoisotopic (exact) mass is 579 g/mol. The van der Waals surface area contributed by atoms with Gasteiger partial charge in [-0.15, -0.1) is 5.10 Å². The molecule has 1 aliphatic heterocycles. The van der Waals surface area contributed by atoms with Gasteiger partial charge in [-0.05, 0) is 52.2 Å². The van der Waals surface area contributed by atoms with Crippen molar-refractivity contribution in [3.63, 3.8) is 0 Å². The van der Waals surface area contributed by atoms with E-state index in [1.54, 1.807) is 4.90 Å². The average Bonchev–Trinajstić information content (AvgIpc) is 3.39. The third-order valence-electron chi connectivity index (χ3n) is 6.94. The summed E-state index contributed by atoms with van der Waals surface area (Å²) >= 11 is 0. The molecule has 0 saturated carbocycles. The van der Waals surface area contributed by atoms with Crippen LogP contribution in [-0.2, 0) is 25.2 Å². The van der Waals surface area contributed by atoms with Crippen LogP contribution >= 0.6 is 9.03 Å². The quantitative estimate of drug-likeness (QED) is 0.174. The largest absolute Gasteiger partial charge is 0.356 e. The molecule has 1 N–H and O–H groups in total. The SMILES string of the molecule is CC(C)OPOCCCCCCNC(=O)CCC(=O)N1Cc2ccccc2-c2c(nnn2C(C)C)-c2ccccc21. The van der Waals surface area contributed by atoms with E-state index in [-0.39, 0.29) is 45.8 Å². The first-order valence-electron chi connectivity index (χ1n) is 14.6. The Hall–Kier alpha value is -3.13. The Labute approximate surface area is 244 Å². The van der Waals surface area contributed by atoms with Crippen LogP contribution in [0.5, 0.6) is 0 Å². The highest BCUT2D eigenvalue weighted by Crippen LogP contribution is 2.41. The summed E-state index contributed by atoms with van der Waals surface area (Å²) in [4.78, 5) is 27.9. The van der Waals surface area contributed by atoms with Crippen molar-refractivity contribution >= 4 is 26.5 Å². The summed E-state index contributed by atoms with van der Waals surface area (Å²) in [6, 6.07) is 16.0. The molecular formula is C31H42N5O4P. The lowest BCUT2D eigenvalue weighted by Crippen LogP contribution is -2.33. The lowest BCUT2D eigenvalue weighted by molar-refractivity contribution is -0.125. The summed E-state index contributed by atoms with van der Waals surface area (Å²) in [5.41, 5.74) is 5.39. The fourth-order valence-corrected chi connectivity index (χ4v) is 5.35. The highest BCUT2D eigenvalue weighted by molar-refractivity contribution is 7.26. The van der Waals surface area contributed by atoms with Crippen molar-refractivity contribution < 1.29 is 18.6 Å². The number of anilines is 1. The third-order valence-corrected chi connectivity index (χ3v) is 7.83. The number of rotatable bonds is 14. The number of aromatic nitrogens is 3. The molecule has 0 saturated heterocycles. The fourth-order valence-electron chi connectivity index (χ4n) is 4.86. The van der Waals surface area contributed by atoms with E-state index in [9.17, 15) is 9.59 Å². The number of unbranched alkanes of at least 4 members (excludes halogenated alkanes) is 3. The Morgan fingerprint density at radius 1 is 0.951 bits per heavy atom. The zero-order chi connectivity index (χ0) is 29.2. The second-order valence-corrected chi connectivity index (χ2v) is 11.5. The van der Waals surface area contributed by atoms with Crippen LogP contribution in [-0.4, -0.2) is 46.1 Å². The number of para-hydroxylation sites is 1. The van der Waals surface area contributed by atoms with Gasteiger partial charge < -0.3 is 19.3 Å². The molecule has 1 atom stereocenters. The van der Waals surface area contributed by atoms with E-state index in [0.29, 0.717) is 19.7 Å². The van der Waals surface area contributed by atoms with Gasteiger partial charge in [-0.1, -0.05) is 60.5 Å². The minimum atomic E-state index is -0.100. The maximum absolute atomic E-state index is 13.6. The molecule has 4 rings (SSSR count). The molecule has 2 heterocycles. The lowest BCUT2D eigenvalue weighted by atomic mass is 9.95. The van der Waals surface area contributed by atoms with E-state index in [1.165, 1.54) is 0 Å². The molecule has 3 aromatic rings. The first kappa shape index (κ1) is 30.8. The average molecular weight is 580 g/mol. The molecule has 0 bridgehead atoms. The maximum atomic E-state index is 13.6. The topological polar surface area (TPSA) is 98.6 Å². The zero-order valence-corrected chi connectivity index (χ0v) is 25.6. The van der Waals surface area contributed by atoms with Gasteiger partial charge in [-0.3, -0.25) is 9.59 Å². The number of benzene rings is 2. The van der Waals surface area contributed by atoms with Gasteiger partial charge in [0.25, 0.3) is 0 Å². The standard InChI is InChI=1S/C31H42N5O4P/c1-22(2)36-31-25-14-8-7-13-24(25)21-35(27-16-10-9-15-26(27)30(31)33-34-36)29(38)18-17-28(37)32-19-11-5-6-12-20-39-41-40-23(3)4/h7-10,13-16,22-23,41H,5-6,11-12,17-21H2,1-4H3,(H,32,37). The summed E-state index contributed by atoms with van der Waals surface area (Å²) < 4.78 is 12.8. The van der Waals surface area contributed by atoms with Crippen LogP contribution in [0.3, 0.4) is 0 Å². The van der Waals surface area contributed by atoms with Crippen molar-refractivity contribution in [2.45, 2.75) is 84.9 Å². The molecule has 1 aromatic heterocycles. The predicted molar refractivity (Wildman–Crippen MR) is 164 cm³/mol. The Balaban J connectivity index is 1.34. The summed E-state index contributed by atoms with van der Waals surface area (Å²) in [7, 11) is 0.0978. The van der Waals surface area contributed by atoms with Gasteiger partial charge >= 0.3 is 0 Å². The second-order valence-electron chi connectivity index (χ2n) is 10.8. The van der Waals surface area contributed by atoms with E-state index in [4.69, 9.17) is 9.05 Å². The minimum absolute atomic E-state index is 0.0933. The normalized spacial score (nSPS) is 12.8. The molecule has 0 radical (unpaired) electrons. The first-order chi connectivity index (χ1) is 19.9. The van der Waals surface area contributed by atoms with Gasteiger partial charge in [-0.2, -0.15) is 0 Å². The van der Waals surface area contributed by atoms with Crippen molar-refractivity contribution in [2.75, 3.05) is 18.1 Å². The molecule has 2 aromatic carbocycles. The Morgan fingerprint density at radius 2 is 1.68 bits per heavy atom. The van der Waals surface area contributed by atoms with Crippen LogP contribution in [0.4, 0.5) is 5.69 Å². The number of nitrogens with zero attached hydrogens (tertiary/aromatic N) is 4. The number of carbonyl (C=O) groups excluding carboxylic acids is 2. The molecule has 9 nitrogen and oxygen atoms in total. The molecule has 220 valence electrons. The Morgan fingerprint density at radius 3 is 2.46 bits per heavy atom. The van der Waals surface area contributed by atoms with Crippen LogP contribution in [0.25, 0.3) is 22.5 Å². The van der Waals surface area contributed by atoms with E-state index in [1.807, 2.05) is 61.0 Å². The zero-order valence-electron chi connectivity index (χ0n) is 24.6. The van der Waals surface area contributed by atoms with Crippen LogP contribution in [0.15, 0.2) is 48.5 Å².